The highest BCUT2D eigenvalue weighted by atomic mass is 16.5. The van der Waals surface area contributed by atoms with Gasteiger partial charge in [0.25, 0.3) is 0 Å². The van der Waals surface area contributed by atoms with Crippen molar-refractivity contribution in [1.82, 2.24) is 10.2 Å². The molecule has 2 aliphatic heterocycles. The summed E-state index contributed by atoms with van der Waals surface area (Å²) in [5.41, 5.74) is 1.13. The van der Waals surface area contributed by atoms with Crippen molar-refractivity contribution in [3.8, 4) is 11.5 Å². The van der Waals surface area contributed by atoms with Gasteiger partial charge in [-0.2, -0.15) is 0 Å². The Morgan fingerprint density at radius 3 is 2.79 bits per heavy atom. The van der Waals surface area contributed by atoms with Gasteiger partial charge in [0.15, 0.2) is 11.5 Å². The molecule has 0 aliphatic carbocycles. The number of piperidine rings is 1. The number of phenols is 1. The molecule has 6 heteroatoms. The number of ether oxygens (including phenoxy) is 2. The lowest BCUT2D eigenvalue weighted by Gasteiger charge is -2.39. The molecule has 6 nitrogen and oxygen atoms in total. The van der Waals surface area contributed by atoms with Crippen LogP contribution in [-0.4, -0.2) is 53.9 Å². The molecule has 0 aromatic heterocycles. The number of carbonyl (C=O) groups excluding carboxylic acids is 1. The second-order valence-electron chi connectivity index (χ2n) is 8.37. The zero-order valence-corrected chi connectivity index (χ0v) is 17.4. The maximum atomic E-state index is 11.8. The molecule has 2 heterocycles. The van der Waals surface area contributed by atoms with Crippen molar-refractivity contribution < 1.29 is 19.4 Å². The smallest absolute Gasteiger partial charge is 0.222 e. The third-order valence-electron chi connectivity index (χ3n) is 5.86. The minimum absolute atomic E-state index is 0.0155. The molecule has 2 saturated heterocycles. The molecule has 2 aliphatic rings. The number of likely N-dealkylation sites (tertiary alicyclic amines) is 1. The highest BCUT2D eigenvalue weighted by molar-refractivity contribution is 5.77. The van der Waals surface area contributed by atoms with Crippen LogP contribution in [0.4, 0.5) is 0 Å². The maximum Gasteiger partial charge on any atom is 0.222 e. The van der Waals surface area contributed by atoms with E-state index in [4.69, 9.17) is 9.47 Å². The largest absolute Gasteiger partial charge is 0.504 e. The molecular formula is C22H34N2O4. The minimum atomic E-state index is -0.0187. The Morgan fingerprint density at radius 2 is 2.11 bits per heavy atom. The van der Waals surface area contributed by atoms with Crippen molar-refractivity contribution in [3.63, 3.8) is 0 Å². The lowest BCUT2D eigenvalue weighted by Crippen LogP contribution is -2.45. The summed E-state index contributed by atoms with van der Waals surface area (Å²) >= 11 is 0. The molecule has 1 atom stereocenters. The Morgan fingerprint density at radius 1 is 1.36 bits per heavy atom. The van der Waals surface area contributed by atoms with Crippen molar-refractivity contribution in [2.75, 3.05) is 26.2 Å². The number of benzene rings is 1. The van der Waals surface area contributed by atoms with Crippen LogP contribution in [0, 0.1) is 5.92 Å². The van der Waals surface area contributed by atoms with E-state index >= 15 is 0 Å². The zero-order chi connectivity index (χ0) is 20.1. The third kappa shape index (κ3) is 5.17. The van der Waals surface area contributed by atoms with E-state index in [1.54, 1.807) is 6.07 Å². The van der Waals surface area contributed by atoms with Gasteiger partial charge in [0.05, 0.1) is 18.3 Å². The molecule has 0 radical (unpaired) electrons. The van der Waals surface area contributed by atoms with Crippen LogP contribution in [-0.2, 0) is 16.1 Å². The lowest BCUT2D eigenvalue weighted by atomic mass is 9.88. The van der Waals surface area contributed by atoms with Gasteiger partial charge in [-0.05, 0) is 50.3 Å². The van der Waals surface area contributed by atoms with Crippen LogP contribution in [0.1, 0.15) is 52.0 Å². The van der Waals surface area contributed by atoms with Gasteiger partial charge in [0.2, 0.25) is 5.91 Å². The normalized spacial score (nSPS) is 21.9. The number of aromatic hydroxyl groups is 1. The second kappa shape index (κ2) is 9.14. The molecular weight excluding hydrogens is 356 g/mol. The first-order valence-electron chi connectivity index (χ1n) is 10.5. The van der Waals surface area contributed by atoms with Gasteiger partial charge in [-0.15, -0.1) is 0 Å². The summed E-state index contributed by atoms with van der Waals surface area (Å²) in [6.07, 6.45) is 4.29. The monoisotopic (exact) mass is 390 g/mol. The number of nitrogens with zero attached hydrogens (tertiary/aromatic N) is 1. The molecule has 1 amide bonds. The van der Waals surface area contributed by atoms with E-state index in [1.807, 2.05) is 32.9 Å². The van der Waals surface area contributed by atoms with Gasteiger partial charge in [-0.3, -0.25) is 9.69 Å². The summed E-state index contributed by atoms with van der Waals surface area (Å²) in [5.74, 6) is 0.860. The minimum Gasteiger partial charge on any atom is -0.504 e. The van der Waals surface area contributed by atoms with E-state index in [0.29, 0.717) is 18.9 Å². The molecule has 3 rings (SSSR count). The van der Waals surface area contributed by atoms with E-state index in [9.17, 15) is 9.90 Å². The molecule has 2 N–H and O–H groups in total. The fraction of sp³-hybridized carbons (Fsp3) is 0.682. The van der Waals surface area contributed by atoms with E-state index in [-0.39, 0.29) is 29.3 Å². The predicted octanol–water partition coefficient (Wildman–Crippen LogP) is 3.08. The standard InChI is InChI=1S/C22H34N2O4/c1-4-27-20-13-17(5-6-19(20)25)15-24-11-9-22(10-12-24)8-7-18(28-22)14-23-21(26)16(2)3/h5-6,13,16,18,25H,4,7-12,14-15H2,1-3H3,(H,23,26)/t18-/m0/s1. The van der Waals surface area contributed by atoms with Crippen LogP contribution < -0.4 is 10.1 Å². The Kier molecular flexibility index (Phi) is 6.83. The first-order valence-corrected chi connectivity index (χ1v) is 10.5. The van der Waals surface area contributed by atoms with Gasteiger partial charge in [-0.1, -0.05) is 19.9 Å². The molecule has 0 unspecified atom stereocenters. The summed E-state index contributed by atoms with van der Waals surface area (Å²) in [4.78, 5) is 14.2. The number of amides is 1. The van der Waals surface area contributed by atoms with Crippen LogP contribution >= 0.6 is 0 Å². The van der Waals surface area contributed by atoms with Crippen LogP contribution in [0.5, 0.6) is 11.5 Å². The molecule has 156 valence electrons. The van der Waals surface area contributed by atoms with Gasteiger partial charge >= 0.3 is 0 Å². The van der Waals surface area contributed by atoms with E-state index < -0.39 is 0 Å². The summed E-state index contributed by atoms with van der Waals surface area (Å²) in [6, 6.07) is 5.60. The van der Waals surface area contributed by atoms with Crippen molar-refractivity contribution in [3.05, 3.63) is 23.8 Å². The molecule has 28 heavy (non-hydrogen) atoms. The van der Waals surface area contributed by atoms with Crippen LogP contribution in [0.2, 0.25) is 0 Å². The van der Waals surface area contributed by atoms with E-state index in [0.717, 1.165) is 50.9 Å². The van der Waals surface area contributed by atoms with E-state index in [2.05, 4.69) is 10.2 Å². The van der Waals surface area contributed by atoms with Crippen LogP contribution in [0.15, 0.2) is 18.2 Å². The summed E-state index contributed by atoms with van der Waals surface area (Å²) in [5, 5.41) is 12.9. The Bertz CT molecular complexity index is 669. The summed E-state index contributed by atoms with van der Waals surface area (Å²) in [7, 11) is 0. The maximum absolute atomic E-state index is 11.8. The Labute approximate surface area is 168 Å². The number of rotatable bonds is 7. The third-order valence-corrected chi connectivity index (χ3v) is 5.86. The Balaban J connectivity index is 1.47. The highest BCUT2D eigenvalue weighted by Gasteiger charge is 2.42. The van der Waals surface area contributed by atoms with Crippen molar-refractivity contribution in [2.45, 2.75) is 64.7 Å². The summed E-state index contributed by atoms with van der Waals surface area (Å²) in [6.45, 7) is 9.74. The topological polar surface area (TPSA) is 71.0 Å². The number of carbonyl (C=O) groups is 1. The van der Waals surface area contributed by atoms with E-state index in [1.165, 1.54) is 0 Å². The quantitative estimate of drug-likeness (QED) is 0.749. The van der Waals surface area contributed by atoms with Crippen molar-refractivity contribution >= 4 is 5.91 Å². The molecule has 2 fully saturated rings. The summed E-state index contributed by atoms with van der Waals surface area (Å²) < 4.78 is 11.9. The van der Waals surface area contributed by atoms with Crippen molar-refractivity contribution in [1.29, 1.82) is 0 Å². The average molecular weight is 391 g/mol. The SMILES string of the molecule is CCOc1cc(CN2CCC3(CC[C@@H](CNC(=O)C(C)C)O3)CC2)ccc1O. The fourth-order valence-corrected chi connectivity index (χ4v) is 4.13. The average Bonchev–Trinajstić information content (AvgIpc) is 3.07. The van der Waals surface area contributed by atoms with Gasteiger partial charge < -0.3 is 19.9 Å². The predicted molar refractivity (Wildman–Crippen MR) is 108 cm³/mol. The first-order chi connectivity index (χ1) is 13.4. The number of hydrogen-bond donors (Lipinski definition) is 2. The number of phenolic OH excluding ortho intramolecular Hbond substituents is 1. The van der Waals surface area contributed by atoms with Crippen LogP contribution in [0.3, 0.4) is 0 Å². The molecule has 0 saturated carbocycles. The zero-order valence-electron chi connectivity index (χ0n) is 17.4. The molecule has 1 spiro atoms. The lowest BCUT2D eigenvalue weighted by molar-refractivity contribution is -0.125. The van der Waals surface area contributed by atoms with Gasteiger partial charge in [0.1, 0.15) is 0 Å². The van der Waals surface area contributed by atoms with Gasteiger partial charge in [-0.25, -0.2) is 0 Å². The highest BCUT2D eigenvalue weighted by Crippen LogP contribution is 2.39. The second-order valence-corrected chi connectivity index (χ2v) is 8.37. The molecule has 1 aromatic carbocycles. The fourth-order valence-electron chi connectivity index (χ4n) is 4.13. The Hall–Kier alpha value is -1.79. The number of hydrogen-bond acceptors (Lipinski definition) is 5. The number of nitrogens with one attached hydrogen (secondary N) is 1. The van der Waals surface area contributed by atoms with Crippen LogP contribution in [0.25, 0.3) is 0 Å². The van der Waals surface area contributed by atoms with Gasteiger partial charge in [0, 0.05) is 32.1 Å². The first kappa shape index (κ1) is 20.9. The van der Waals surface area contributed by atoms with Crippen molar-refractivity contribution in [2.24, 2.45) is 5.92 Å². The molecule has 0 bridgehead atoms. The molecule has 1 aromatic rings.